The van der Waals surface area contributed by atoms with Crippen LogP contribution in [0.2, 0.25) is 0 Å². The molecule has 6 nitrogen and oxygen atoms in total. The third-order valence-electron chi connectivity index (χ3n) is 2.60. The quantitative estimate of drug-likeness (QED) is 0.536. The molecule has 10 heteroatoms. The zero-order valence-corrected chi connectivity index (χ0v) is 10.0. The smallest absolute Gasteiger partial charge is 0.465 e. The number of nitrogens with zero attached hydrogens (tertiary/aromatic N) is 1. The molecule has 2 rings (SSSR count). The number of methoxy groups -OCH3 is 1. The minimum Gasteiger partial charge on any atom is -0.465 e. The summed E-state index contributed by atoms with van der Waals surface area (Å²) in [6.45, 7) is 0. The SMILES string of the molecule is COC(=O)c1cc(C(F)(F)F)nc2[nH]c(B(O)O)cc12. The molecule has 0 radical (unpaired) electrons. The van der Waals surface area contributed by atoms with E-state index in [-0.39, 0.29) is 22.2 Å². The Hall–Kier alpha value is -2.07. The number of pyridine rings is 1. The number of H-pyrrole nitrogens is 1. The number of hydrogen-bond donors (Lipinski definition) is 3. The van der Waals surface area contributed by atoms with Crippen molar-refractivity contribution < 1.29 is 32.8 Å². The van der Waals surface area contributed by atoms with Crippen LogP contribution in [0.25, 0.3) is 11.0 Å². The molecule has 0 bridgehead atoms. The maximum absolute atomic E-state index is 12.7. The number of carbonyl (C=O) groups is 1. The van der Waals surface area contributed by atoms with Crippen molar-refractivity contribution in [2.45, 2.75) is 6.18 Å². The summed E-state index contributed by atoms with van der Waals surface area (Å²) in [4.78, 5) is 17.2. The van der Waals surface area contributed by atoms with E-state index < -0.39 is 25.0 Å². The Morgan fingerprint density at radius 3 is 2.55 bits per heavy atom. The van der Waals surface area contributed by atoms with E-state index in [1.165, 1.54) is 0 Å². The molecule has 0 aliphatic carbocycles. The lowest BCUT2D eigenvalue weighted by Gasteiger charge is -2.08. The second-order valence-electron chi connectivity index (χ2n) is 3.91. The molecule has 20 heavy (non-hydrogen) atoms. The zero-order valence-electron chi connectivity index (χ0n) is 10.0. The van der Waals surface area contributed by atoms with Gasteiger partial charge in [0.2, 0.25) is 0 Å². The molecule has 0 spiro atoms. The molecule has 0 aliphatic heterocycles. The second kappa shape index (κ2) is 4.80. The molecule has 0 amide bonds. The highest BCUT2D eigenvalue weighted by atomic mass is 19.4. The fraction of sp³-hybridized carbons (Fsp3) is 0.200. The van der Waals surface area contributed by atoms with Crippen molar-refractivity contribution in [2.24, 2.45) is 0 Å². The highest BCUT2D eigenvalue weighted by molar-refractivity contribution is 6.58. The molecule has 2 aromatic rings. The number of esters is 1. The molecule has 0 aliphatic rings. The van der Waals surface area contributed by atoms with E-state index in [2.05, 4.69) is 14.7 Å². The summed E-state index contributed by atoms with van der Waals surface area (Å²) in [5, 5.41) is 18.0. The van der Waals surface area contributed by atoms with E-state index in [1.807, 2.05) is 0 Å². The lowest BCUT2D eigenvalue weighted by atomic mass is 9.86. The van der Waals surface area contributed by atoms with Gasteiger partial charge in [-0.05, 0) is 12.1 Å². The molecule has 0 atom stereocenters. The van der Waals surface area contributed by atoms with Crippen molar-refractivity contribution >= 4 is 29.7 Å². The van der Waals surface area contributed by atoms with Crippen LogP contribution in [-0.2, 0) is 10.9 Å². The fourth-order valence-electron chi connectivity index (χ4n) is 1.69. The molecule has 2 heterocycles. The van der Waals surface area contributed by atoms with Crippen LogP contribution in [0.4, 0.5) is 13.2 Å². The van der Waals surface area contributed by atoms with E-state index in [1.54, 1.807) is 0 Å². The summed E-state index contributed by atoms with van der Waals surface area (Å²) >= 11 is 0. The maximum Gasteiger partial charge on any atom is 0.505 e. The predicted molar refractivity (Wildman–Crippen MR) is 62.3 cm³/mol. The summed E-state index contributed by atoms with van der Waals surface area (Å²) < 4.78 is 42.5. The monoisotopic (exact) mass is 288 g/mol. The van der Waals surface area contributed by atoms with Crippen LogP contribution < -0.4 is 5.59 Å². The number of aromatic amines is 1. The van der Waals surface area contributed by atoms with E-state index in [9.17, 15) is 18.0 Å². The van der Waals surface area contributed by atoms with Gasteiger partial charge in [-0.2, -0.15) is 13.2 Å². The van der Waals surface area contributed by atoms with Gasteiger partial charge in [0.1, 0.15) is 11.3 Å². The standard InChI is InChI=1S/C10H8BF3N2O4/c1-20-9(17)5-2-6(10(12,13)14)15-8-4(5)3-7(16-8)11(18)19/h2-3,18-19H,1H3,(H,15,16). The molecular formula is C10H8BF3N2O4. The molecule has 0 saturated carbocycles. The Bertz CT molecular complexity index is 668. The van der Waals surface area contributed by atoms with Crippen molar-refractivity contribution in [3.05, 3.63) is 23.4 Å². The maximum atomic E-state index is 12.7. The van der Waals surface area contributed by atoms with Gasteiger partial charge in [-0.15, -0.1) is 0 Å². The van der Waals surface area contributed by atoms with Crippen molar-refractivity contribution in [3.63, 3.8) is 0 Å². The van der Waals surface area contributed by atoms with Gasteiger partial charge in [-0.3, -0.25) is 0 Å². The van der Waals surface area contributed by atoms with Crippen LogP contribution in [-0.4, -0.2) is 40.2 Å². The third kappa shape index (κ3) is 2.47. The van der Waals surface area contributed by atoms with Crippen molar-refractivity contribution in [1.82, 2.24) is 9.97 Å². The minimum absolute atomic E-state index is 0.00736. The van der Waals surface area contributed by atoms with Crippen LogP contribution in [0.3, 0.4) is 0 Å². The third-order valence-corrected chi connectivity index (χ3v) is 2.60. The molecular weight excluding hydrogens is 280 g/mol. The van der Waals surface area contributed by atoms with Crippen LogP contribution >= 0.6 is 0 Å². The first-order valence-corrected chi connectivity index (χ1v) is 5.29. The molecule has 2 aromatic heterocycles. The first-order valence-electron chi connectivity index (χ1n) is 5.29. The Labute approximate surface area is 110 Å². The summed E-state index contributed by atoms with van der Waals surface area (Å²) in [5.41, 5.74) is -2.13. The molecule has 0 unspecified atom stereocenters. The van der Waals surface area contributed by atoms with Gasteiger partial charge in [0.25, 0.3) is 0 Å². The normalized spacial score (nSPS) is 11.7. The Balaban J connectivity index is 2.75. The molecule has 3 N–H and O–H groups in total. The lowest BCUT2D eigenvalue weighted by Crippen LogP contribution is -2.30. The summed E-state index contributed by atoms with van der Waals surface area (Å²) in [7, 11) is -0.903. The van der Waals surface area contributed by atoms with Crippen molar-refractivity contribution in [3.8, 4) is 0 Å². The van der Waals surface area contributed by atoms with Gasteiger partial charge in [0.15, 0.2) is 0 Å². The van der Waals surface area contributed by atoms with Gasteiger partial charge in [0.05, 0.1) is 12.7 Å². The van der Waals surface area contributed by atoms with Crippen LogP contribution in [0, 0.1) is 0 Å². The van der Waals surface area contributed by atoms with Gasteiger partial charge in [-0.25, -0.2) is 9.78 Å². The number of halogens is 3. The number of rotatable bonds is 2. The number of nitrogens with one attached hydrogen (secondary N) is 1. The number of hydrogen-bond acceptors (Lipinski definition) is 5. The number of aromatic nitrogens is 2. The van der Waals surface area contributed by atoms with E-state index >= 15 is 0 Å². The first kappa shape index (κ1) is 14.3. The minimum atomic E-state index is -4.75. The van der Waals surface area contributed by atoms with Crippen LogP contribution in [0.5, 0.6) is 0 Å². The predicted octanol–water partition coefficient (Wildman–Crippen LogP) is 0.0481. The average molecular weight is 288 g/mol. The highest BCUT2D eigenvalue weighted by Gasteiger charge is 2.35. The number of carbonyl (C=O) groups excluding carboxylic acids is 1. The number of alkyl halides is 3. The van der Waals surface area contributed by atoms with Crippen molar-refractivity contribution in [2.75, 3.05) is 7.11 Å². The largest absolute Gasteiger partial charge is 0.505 e. The van der Waals surface area contributed by atoms with E-state index in [0.29, 0.717) is 6.07 Å². The average Bonchev–Trinajstić information content (AvgIpc) is 2.79. The van der Waals surface area contributed by atoms with Gasteiger partial charge < -0.3 is 19.8 Å². The highest BCUT2D eigenvalue weighted by Crippen LogP contribution is 2.30. The molecule has 0 fully saturated rings. The molecule has 0 saturated heterocycles. The zero-order chi connectivity index (χ0) is 15.1. The lowest BCUT2D eigenvalue weighted by molar-refractivity contribution is -0.141. The first-order chi connectivity index (χ1) is 9.24. The van der Waals surface area contributed by atoms with E-state index in [4.69, 9.17) is 10.0 Å². The molecule has 106 valence electrons. The number of ether oxygens (including phenoxy) is 1. The molecule has 0 aromatic carbocycles. The summed E-state index contributed by atoms with van der Waals surface area (Å²) in [6.07, 6.45) is -4.75. The topological polar surface area (TPSA) is 95.4 Å². The van der Waals surface area contributed by atoms with Crippen molar-refractivity contribution in [1.29, 1.82) is 0 Å². The fourth-order valence-corrected chi connectivity index (χ4v) is 1.69. The van der Waals surface area contributed by atoms with Crippen LogP contribution in [0.1, 0.15) is 16.1 Å². The van der Waals surface area contributed by atoms with E-state index in [0.717, 1.165) is 13.2 Å². The Kier molecular flexibility index (Phi) is 3.44. The Morgan fingerprint density at radius 1 is 1.40 bits per heavy atom. The summed E-state index contributed by atoms with van der Waals surface area (Å²) in [6, 6.07) is 1.68. The Morgan fingerprint density at radius 2 is 2.05 bits per heavy atom. The van der Waals surface area contributed by atoms with Gasteiger partial charge in [0, 0.05) is 11.0 Å². The number of fused-ring (bicyclic) bond motifs is 1. The second-order valence-corrected chi connectivity index (χ2v) is 3.91. The van der Waals surface area contributed by atoms with Gasteiger partial charge in [-0.1, -0.05) is 0 Å². The summed E-state index contributed by atoms with van der Waals surface area (Å²) in [5.74, 6) is -0.985. The van der Waals surface area contributed by atoms with Gasteiger partial charge >= 0.3 is 19.3 Å². The van der Waals surface area contributed by atoms with Crippen LogP contribution in [0.15, 0.2) is 12.1 Å².